The number of aromatic nitrogens is 2. The van der Waals surface area contributed by atoms with Gasteiger partial charge in [0, 0.05) is 35.2 Å². The second kappa shape index (κ2) is 6.25. The van der Waals surface area contributed by atoms with E-state index in [0.717, 1.165) is 12.1 Å². The fraction of sp³-hybridized carbons (Fsp3) is 0.222. The van der Waals surface area contributed by atoms with Crippen LogP contribution >= 0.6 is 11.6 Å². The van der Waals surface area contributed by atoms with Gasteiger partial charge in [0.1, 0.15) is 29.1 Å². The van der Waals surface area contributed by atoms with Gasteiger partial charge in [0.05, 0.1) is 18.1 Å². The second-order valence-electron chi connectivity index (χ2n) is 6.12. The van der Waals surface area contributed by atoms with E-state index in [4.69, 9.17) is 16.3 Å². The number of carbonyl (C=O) groups is 1. The number of rotatable bonds is 3. The van der Waals surface area contributed by atoms with Gasteiger partial charge in [0.2, 0.25) is 5.91 Å². The van der Waals surface area contributed by atoms with E-state index in [9.17, 15) is 13.6 Å². The smallest absolute Gasteiger partial charge is 0.231 e. The van der Waals surface area contributed by atoms with Gasteiger partial charge in [0.15, 0.2) is 0 Å². The predicted octanol–water partition coefficient (Wildman–Crippen LogP) is 3.50. The van der Waals surface area contributed by atoms with E-state index in [0.29, 0.717) is 21.9 Å². The number of methoxy groups -OCH3 is 1. The summed E-state index contributed by atoms with van der Waals surface area (Å²) in [5.74, 6) is -2.99. The zero-order chi connectivity index (χ0) is 18.4. The fourth-order valence-electron chi connectivity index (χ4n) is 3.39. The van der Waals surface area contributed by atoms with E-state index >= 15 is 0 Å². The molecular formula is C18H14ClF2N3O2. The van der Waals surface area contributed by atoms with Crippen LogP contribution in [0, 0.1) is 11.6 Å². The van der Waals surface area contributed by atoms with Crippen LogP contribution in [0.5, 0.6) is 5.75 Å². The highest BCUT2D eigenvalue weighted by Gasteiger charge is 2.41. The molecule has 2 atom stereocenters. The first-order valence-corrected chi connectivity index (χ1v) is 8.31. The Morgan fingerprint density at radius 1 is 1.23 bits per heavy atom. The molecule has 1 saturated heterocycles. The molecule has 2 aromatic carbocycles. The number of ether oxygens (including phenoxy) is 1. The average Bonchev–Trinajstić information content (AvgIpc) is 3.16. The van der Waals surface area contributed by atoms with E-state index in [-0.39, 0.29) is 23.8 Å². The van der Waals surface area contributed by atoms with Crippen LogP contribution in [0.25, 0.3) is 11.0 Å². The number of amides is 1. The molecule has 26 heavy (non-hydrogen) atoms. The number of benzene rings is 2. The van der Waals surface area contributed by atoms with Gasteiger partial charge >= 0.3 is 0 Å². The summed E-state index contributed by atoms with van der Waals surface area (Å²) >= 11 is 5.97. The quantitative estimate of drug-likeness (QED) is 0.734. The van der Waals surface area contributed by atoms with Crippen LogP contribution in [0.3, 0.4) is 0 Å². The second-order valence-corrected chi connectivity index (χ2v) is 6.55. The van der Waals surface area contributed by atoms with Crippen LogP contribution in [0.4, 0.5) is 8.78 Å². The predicted molar refractivity (Wildman–Crippen MR) is 92.5 cm³/mol. The number of H-pyrrole nitrogens is 1. The first kappa shape index (κ1) is 16.8. The number of nitrogens with zero attached hydrogens (tertiary/aromatic N) is 1. The molecule has 5 nitrogen and oxygen atoms in total. The zero-order valence-corrected chi connectivity index (χ0v) is 14.4. The Hall–Kier alpha value is -2.67. The van der Waals surface area contributed by atoms with Gasteiger partial charge in [0.25, 0.3) is 0 Å². The minimum absolute atomic E-state index is 0.0796. The normalized spacial score (nSPS) is 19.8. The number of hydrogen-bond donors (Lipinski definition) is 2. The molecule has 1 aliphatic rings. The van der Waals surface area contributed by atoms with E-state index in [1.165, 1.54) is 7.11 Å². The number of hydrogen-bond acceptors (Lipinski definition) is 3. The molecule has 0 saturated carbocycles. The van der Waals surface area contributed by atoms with Crippen molar-refractivity contribution in [2.75, 3.05) is 13.7 Å². The highest BCUT2D eigenvalue weighted by molar-refractivity contribution is 6.31. The third-order valence-corrected chi connectivity index (χ3v) is 4.83. The molecule has 1 fully saturated rings. The van der Waals surface area contributed by atoms with Gasteiger partial charge in [-0.3, -0.25) is 4.79 Å². The minimum atomic E-state index is -0.835. The number of carbonyl (C=O) groups excluding carboxylic acids is 1. The lowest BCUT2D eigenvalue weighted by molar-refractivity contribution is -0.120. The van der Waals surface area contributed by atoms with Crippen molar-refractivity contribution in [1.82, 2.24) is 15.3 Å². The summed E-state index contributed by atoms with van der Waals surface area (Å²) in [6.45, 7) is 0.113. The van der Waals surface area contributed by atoms with Gasteiger partial charge in [-0.15, -0.1) is 0 Å². The van der Waals surface area contributed by atoms with Crippen LogP contribution in [0.1, 0.15) is 23.2 Å². The highest BCUT2D eigenvalue weighted by Crippen LogP contribution is 2.39. The molecule has 1 amide bonds. The molecule has 2 N–H and O–H groups in total. The molecular weight excluding hydrogens is 364 g/mol. The number of aromatic amines is 1. The number of fused-ring (bicyclic) bond motifs is 1. The Morgan fingerprint density at radius 2 is 1.96 bits per heavy atom. The molecule has 0 unspecified atom stereocenters. The Labute approximate surface area is 152 Å². The van der Waals surface area contributed by atoms with Gasteiger partial charge in [-0.25, -0.2) is 13.8 Å². The topological polar surface area (TPSA) is 67.0 Å². The van der Waals surface area contributed by atoms with Crippen LogP contribution in [0.15, 0.2) is 30.3 Å². The summed E-state index contributed by atoms with van der Waals surface area (Å²) in [6.07, 6.45) is 0. The fourth-order valence-corrected chi connectivity index (χ4v) is 3.56. The maximum Gasteiger partial charge on any atom is 0.231 e. The van der Waals surface area contributed by atoms with Crippen molar-refractivity contribution in [3.8, 4) is 5.75 Å². The summed E-state index contributed by atoms with van der Waals surface area (Å²) in [5.41, 5.74) is 1.12. The van der Waals surface area contributed by atoms with Crippen molar-refractivity contribution in [3.05, 3.63) is 58.4 Å². The Morgan fingerprint density at radius 3 is 2.65 bits per heavy atom. The monoisotopic (exact) mass is 377 g/mol. The van der Waals surface area contributed by atoms with Crippen LogP contribution in [0.2, 0.25) is 5.02 Å². The van der Waals surface area contributed by atoms with Crippen molar-refractivity contribution in [2.24, 2.45) is 0 Å². The molecule has 4 rings (SSSR count). The number of halogens is 3. The van der Waals surface area contributed by atoms with Crippen molar-refractivity contribution in [1.29, 1.82) is 0 Å². The Balaban J connectivity index is 1.80. The van der Waals surface area contributed by atoms with Crippen molar-refractivity contribution < 1.29 is 18.3 Å². The SMILES string of the molecule is COc1cc(F)c([C@@H]2CNC(=O)[C@H]2c2nc3ccc(Cl)cc3[nH]2)c(F)c1. The van der Waals surface area contributed by atoms with Gasteiger partial charge < -0.3 is 15.0 Å². The van der Waals surface area contributed by atoms with Gasteiger partial charge in [-0.2, -0.15) is 0 Å². The summed E-state index contributed by atoms with van der Waals surface area (Å²) in [6, 6.07) is 7.30. The van der Waals surface area contributed by atoms with Crippen molar-refractivity contribution in [3.63, 3.8) is 0 Å². The largest absolute Gasteiger partial charge is 0.497 e. The van der Waals surface area contributed by atoms with Crippen LogP contribution in [-0.2, 0) is 4.79 Å². The van der Waals surface area contributed by atoms with E-state index in [1.807, 2.05) is 0 Å². The molecule has 0 radical (unpaired) electrons. The summed E-state index contributed by atoms with van der Waals surface area (Å²) in [4.78, 5) is 19.8. The lowest BCUT2D eigenvalue weighted by Crippen LogP contribution is -2.19. The van der Waals surface area contributed by atoms with E-state index in [1.54, 1.807) is 18.2 Å². The lowest BCUT2D eigenvalue weighted by atomic mass is 9.87. The molecule has 0 aliphatic carbocycles. The maximum absolute atomic E-state index is 14.5. The lowest BCUT2D eigenvalue weighted by Gasteiger charge is -2.17. The molecule has 1 aliphatic heterocycles. The average molecular weight is 378 g/mol. The third-order valence-electron chi connectivity index (χ3n) is 4.60. The van der Waals surface area contributed by atoms with Crippen molar-refractivity contribution in [2.45, 2.75) is 11.8 Å². The summed E-state index contributed by atoms with van der Waals surface area (Å²) < 4.78 is 33.9. The first-order chi connectivity index (χ1) is 12.5. The van der Waals surface area contributed by atoms with Crippen molar-refractivity contribution >= 4 is 28.5 Å². The molecule has 2 heterocycles. The molecule has 0 bridgehead atoms. The Bertz CT molecular complexity index is 998. The molecule has 8 heteroatoms. The maximum atomic E-state index is 14.5. The number of imidazole rings is 1. The summed E-state index contributed by atoms with van der Waals surface area (Å²) in [7, 11) is 1.33. The zero-order valence-electron chi connectivity index (χ0n) is 13.6. The van der Waals surface area contributed by atoms with Crippen LogP contribution < -0.4 is 10.1 Å². The van der Waals surface area contributed by atoms with Gasteiger partial charge in [-0.1, -0.05) is 11.6 Å². The van der Waals surface area contributed by atoms with Gasteiger partial charge in [-0.05, 0) is 18.2 Å². The highest BCUT2D eigenvalue weighted by atomic mass is 35.5. The minimum Gasteiger partial charge on any atom is -0.497 e. The molecule has 0 spiro atoms. The summed E-state index contributed by atoms with van der Waals surface area (Å²) in [5, 5.41) is 3.19. The first-order valence-electron chi connectivity index (χ1n) is 7.93. The molecule has 3 aromatic rings. The van der Waals surface area contributed by atoms with E-state index in [2.05, 4.69) is 15.3 Å². The molecule has 1 aromatic heterocycles. The van der Waals surface area contributed by atoms with E-state index < -0.39 is 23.5 Å². The van der Waals surface area contributed by atoms with Crippen LogP contribution in [-0.4, -0.2) is 29.5 Å². The third kappa shape index (κ3) is 2.68. The molecule has 134 valence electrons. The standard InChI is InChI=1S/C18H14ClF2N3O2/c1-26-9-5-11(20)15(12(21)6-9)10-7-22-18(25)16(10)17-23-13-3-2-8(19)4-14(13)24-17/h2-6,10,16H,7H2,1H3,(H,22,25)(H,23,24)/t10-,16+/m0/s1. The number of nitrogens with one attached hydrogen (secondary N) is 2. The Kier molecular flexibility index (Phi) is 4.03.